The molecule has 1 aliphatic carbocycles. The van der Waals surface area contributed by atoms with Crippen LogP contribution in [-0.2, 0) is 0 Å². The predicted octanol–water partition coefficient (Wildman–Crippen LogP) is 3.65. The van der Waals surface area contributed by atoms with E-state index >= 15 is 0 Å². The van der Waals surface area contributed by atoms with E-state index in [1.165, 1.54) is 6.07 Å². The van der Waals surface area contributed by atoms with E-state index in [4.69, 9.17) is 0 Å². The molecule has 0 aliphatic heterocycles. The highest BCUT2D eigenvalue weighted by molar-refractivity contribution is 6.22. The van der Waals surface area contributed by atoms with Crippen molar-refractivity contribution < 1.29 is 9.18 Å². The number of hydrogen-bond acceptors (Lipinski definition) is 1. The molecule has 1 nitrogen and oxygen atoms in total. The third kappa shape index (κ3) is 1.27. The fourth-order valence-corrected chi connectivity index (χ4v) is 2.34. The van der Waals surface area contributed by atoms with Gasteiger partial charge in [0.2, 0.25) is 0 Å². The van der Waals surface area contributed by atoms with Crippen LogP contribution >= 0.6 is 0 Å². The number of carbonyl (C=O) groups is 1. The van der Waals surface area contributed by atoms with Gasteiger partial charge in [0.05, 0.1) is 5.56 Å². The van der Waals surface area contributed by atoms with Crippen LogP contribution in [0.1, 0.15) is 27.0 Å². The summed E-state index contributed by atoms with van der Waals surface area (Å²) in [6.07, 6.45) is 0. The molecule has 2 heteroatoms. The second-order valence-electron chi connectivity index (χ2n) is 4.47. The SMILES string of the molecule is Cc1cc2c(cc1C)-c1cccc(F)c1C2=O. The summed E-state index contributed by atoms with van der Waals surface area (Å²) < 4.78 is 13.7. The standard InChI is InChI=1S/C15H11FO/c1-8-6-11-10-4-3-5-13(16)14(10)15(17)12(11)7-9(8)2/h3-7H,1-2H3. The average molecular weight is 226 g/mol. The van der Waals surface area contributed by atoms with Crippen molar-refractivity contribution in [2.24, 2.45) is 0 Å². The molecule has 2 aromatic rings. The van der Waals surface area contributed by atoms with Gasteiger partial charge in [-0.25, -0.2) is 4.39 Å². The third-order valence-electron chi connectivity index (χ3n) is 3.41. The molecule has 0 saturated carbocycles. The Balaban J connectivity index is 2.40. The summed E-state index contributed by atoms with van der Waals surface area (Å²) in [6, 6.07) is 8.60. The maximum absolute atomic E-state index is 13.7. The van der Waals surface area contributed by atoms with Crippen LogP contribution in [0.3, 0.4) is 0 Å². The molecule has 0 atom stereocenters. The van der Waals surface area contributed by atoms with Crippen LogP contribution in [-0.4, -0.2) is 5.78 Å². The van der Waals surface area contributed by atoms with Crippen LogP contribution < -0.4 is 0 Å². The summed E-state index contributed by atoms with van der Waals surface area (Å²) in [5, 5.41) is 0. The Hall–Kier alpha value is -1.96. The summed E-state index contributed by atoms with van der Waals surface area (Å²) in [7, 11) is 0. The van der Waals surface area contributed by atoms with Gasteiger partial charge in [0.1, 0.15) is 5.82 Å². The van der Waals surface area contributed by atoms with Gasteiger partial charge in [0, 0.05) is 5.56 Å². The minimum atomic E-state index is -0.431. The molecule has 0 bridgehead atoms. The highest BCUT2D eigenvalue weighted by Crippen LogP contribution is 2.38. The second kappa shape index (κ2) is 3.27. The highest BCUT2D eigenvalue weighted by Gasteiger charge is 2.29. The van der Waals surface area contributed by atoms with Crippen molar-refractivity contribution in [1.29, 1.82) is 0 Å². The maximum atomic E-state index is 13.7. The maximum Gasteiger partial charge on any atom is 0.197 e. The number of benzene rings is 2. The molecule has 0 aromatic heterocycles. The zero-order valence-electron chi connectivity index (χ0n) is 9.67. The first-order valence-electron chi connectivity index (χ1n) is 5.54. The minimum absolute atomic E-state index is 0.198. The first kappa shape index (κ1) is 10.2. The molecular weight excluding hydrogens is 215 g/mol. The zero-order chi connectivity index (χ0) is 12.2. The van der Waals surface area contributed by atoms with Crippen molar-refractivity contribution in [1.82, 2.24) is 0 Å². The minimum Gasteiger partial charge on any atom is -0.288 e. The van der Waals surface area contributed by atoms with Crippen LogP contribution in [0.15, 0.2) is 30.3 Å². The van der Waals surface area contributed by atoms with E-state index in [2.05, 4.69) is 0 Å². The fourth-order valence-electron chi connectivity index (χ4n) is 2.34. The Kier molecular flexibility index (Phi) is 1.96. The van der Waals surface area contributed by atoms with E-state index in [9.17, 15) is 9.18 Å². The topological polar surface area (TPSA) is 17.1 Å². The summed E-state index contributed by atoms with van der Waals surface area (Å²) in [4.78, 5) is 12.1. The van der Waals surface area contributed by atoms with Crippen molar-refractivity contribution in [2.45, 2.75) is 13.8 Å². The Morgan fingerprint density at radius 2 is 1.59 bits per heavy atom. The largest absolute Gasteiger partial charge is 0.288 e. The van der Waals surface area contributed by atoms with Crippen LogP contribution in [0, 0.1) is 19.7 Å². The van der Waals surface area contributed by atoms with Gasteiger partial charge < -0.3 is 0 Å². The van der Waals surface area contributed by atoms with Crippen LogP contribution in [0.5, 0.6) is 0 Å². The number of hydrogen-bond donors (Lipinski definition) is 0. The molecule has 0 spiro atoms. The molecule has 0 saturated heterocycles. The normalized spacial score (nSPS) is 12.5. The van der Waals surface area contributed by atoms with Gasteiger partial charge in [-0.2, -0.15) is 0 Å². The number of ketones is 1. The van der Waals surface area contributed by atoms with E-state index in [1.807, 2.05) is 26.0 Å². The van der Waals surface area contributed by atoms with Gasteiger partial charge in [0.25, 0.3) is 0 Å². The number of halogens is 1. The number of rotatable bonds is 0. The molecule has 0 heterocycles. The molecule has 0 radical (unpaired) electrons. The molecule has 0 N–H and O–H groups in total. The predicted molar refractivity (Wildman–Crippen MR) is 64.7 cm³/mol. The van der Waals surface area contributed by atoms with E-state index in [0.29, 0.717) is 11.1 Å². The monoisotopic (exact) mass is 226 g/mol. The molecule has 17 heavy (non-hydrogen) atoms. The molecule has 0 fully saturated rings. The smallest absolute Gasteiger partial charge is 0.197 e. The second-order valence-corrected chi connectivity index (χ2v) is 4.47. The summed E-state index contributed by atoms with van der Waals surface area (Å²) in [5.41, 5.74) is 4.58. The lowest BCUT2D eigenvalue weighted by molar-refractivity contribution is 0.104. The lowest BCUT2D eigenvalue weighted by atomic mass is 10.00. The highest BCUT2D eigenvalue weighted by atomic mass is 19.1. The van der Waals surface area contributed by atoms with Gasteiger partial charge in [-0.15, -0.1) is 0 Å². The molecule has 1 aliphatic rings. The van der Waals surface area contributed by atoms with E-state index < -0.39 is 5.82 Å². The Morgan fingerprint density at radius 3 is 2.29 bits per heavy atom. The fraction of sp³-hybridized carbons (Fsp3) is 0.133. The Bertz CT molecular complexity index is 656. The van der Waals surface area contributed by atoms with Crippen molar-refractivity contribution in [3.63, 3.8) is 0 Å². The third-order valence-corrected chi connectivity index (χ3v) is 3.41. The van der Waals surface area contributed by atoms with Crippen LogP contribution in [0.25, 0.3) is 11.1 Å². The molecule has 0 amide bonds. The molecule has 84 valence electrons. The summed E-state index contributed by atoms with van der Waals surface area (Å²) in [6.45, 7) is 3.96. The number of fused-ring (bicyclic) bond motifs is 3. The van der Waals surface area contributed by atoms with Crippen molar-refractivity contribution in [3.8, 4) is 11.1 Å². The van der Waals surface area contributed by atoms with Gasteiger partial charge in [-0.1, -0.05) is 18.2 Å². The van der Waals surface area contributed by atoms with Gasteiger partial charge in [-0.3, -0.25) is 4.79 Å². The lowest BCUT2D eigenvalue weighted by Crippen LogP contribution is -1.99. The molecule has 3 rings (SSSR count). The van der Waals surface area contributed by atoms with Crippen molar-refractivity contribution in [3.05, 3.63) is 58.4 Å². The molecule has 0 unspecified atom stereocenters. The summed E-state index contributed by atoms with van der Waals surface area (Å²) >= 11 is 0. The van der Waals surface area contributed by atoms with Crippen molar-refractivity contribution >= 4 is 5.78 Å². The lowest BCUT2D eigenvalue weighted by Gasteiger charge is -2.04. The van der Waals surface area contributed by atoms with E-state index in [1.54, 1.807) is 12.1 Å². The zero-order valence-corrected chi connectivity index (χ0v) is 9.67. The Labute approximate surface area is 98.9 Å². The van der Waals surface area contributed by atoms with Gasteiger partial charge in [0.15, 0.2) is 5.78 Å². The van der Waals surface area contributed by atoms with E-state index in [-0.39, 0.29) is 11.3 Å². The van der Waals surface area contributed by atoms with Crippen molar-refractivity contribution in [2.75, 3.05) is 0 Å². The Morgan fingerprint density at radius 1 is 0.941 bits per heavy atom. The summed E-state index contributed by atoms with van der Waals surface area (Å²) in [5.74, 6) is -0.629. The first-order chi connectivity index (χ1) is 8.09. The van der Waals surface area contributed by atoms with Gasteiger partial charge in [-0.05, 0) is 48.2 Å². The molecule has 2 aromatic carbocycles. The quantitative estimate of drug-likeness (QED) is 0.571. The molecular formula is C15H11FO. The average Bonchev–Trinajstić information content (AvgIpc) is 2.56. The van der Waals surface area contributed by atoms with Crippen LogP contribution in [0.4, 0.5) is 4.39 Å². The number of carbonyl (C=O) groups excluding carboxylic acids is 1. The van der Waals surface area contributed by atoms with E-state index in [0.717, 1.165) is 16.7 Å². The van der Waals surface area contributed by atoms with Crippen LogP contribution in [0.2, 0.25) is 0 Å². The number of aryl methyl sites for hydroxylation is 2. The van der Waals surface area contributed by atoms with Gasteiger partial charge >= 0.3 is 0 Å². The first-order valence-corrected chi connectivity index (χ1v) is 5.54.